The van der Waals surface area contributed by atoms with Gasteiger partial charge in [-0.15, -0.1) is 12.6 Å². The number of piperazine rings is 1. The molecule has 1 aliphatic rings. The predicted octanol–water partition coefficient (Wildman–Crippen LogP) is 2.60. The van der Waals surface area contributed by atoms with Gasteiger partial charge in [-0.25, -0.2) is 9.97 Å². The molecule has 1 fully saturated rings. The first-order valence-corrected chi connectivity index (χ1v) is 9.90. The first-order chi connectivity index (χ1) is 13.9. The molecule has 0 bridgehead atoms. The molecule has 1 amide bonds. The topological polar surface area (TPSA) is 82.2 Å². The summed E-state index contributed by atoms with van der Waals surface area (Å²) in [4.78, 5) is 23.3. The van der Waals surface area contributed by atoms with Crippen molar-refractivity contribution in [3.05, 3.63) is 65.0 Å². The number of hydrogen-bond donors (Lipinski definition) is 4. The number of amides is 1. The summed E-state index contributed by atoms with van der Waals surface area (Å²) >= 11 is 4.33. The number of rotatable bonds is 6. The third-order valence-electron chi connectivity index (χ3n) is 4.45. The van der Waals surface area contributed by atoms with Crippen molar-refractivity contribution in [2.75, 3.05) is 31.5 Å². The molecule has 1 saturated heterocycles. The van der Waals surface area contributed by atoms with E-state index in [9.17, 15) is 4.79 Å². The highest BCUT2D eigenvalue weighted by Crippen LogP contribution is 2.18. The molecule has 0 radical (unpaired) electrons. The molecule has 0 atom stereocenters. The molecule has 1 aliphatic heterocycles. The molecule has 152 valence electrons. The first kappa shape index (κ1) is 20.9. The van der Waals surface area contributed by atoms with Crippen molar-refractivity contribution < 1.29 is 4.79 Å². The number of carbonyl (C=O) groups is 1. The van der Waals surface area contributed by atoms with Crippen molar-refractivity contribution in [1.29, 1.82) is 0 Å². The van der Waals surface area contributed by atoms with Gasteiger partial charge in [-0.2, -0.15) is 0 Å². The molecule has 0 unspecified atom stereocenters. The Morgan fingerprint density at radius 3 is 2.62 bits per heavy atom. The molecule has 2 aromatic rings. The second-order valence-corrected chi connectivity index (χ2v) is 7.44. The molecule has 1 aromatic carbocycles. The Bertz CT molecular complexity index is 916. The summed E-state index contributed by atoms with van der Waals surface area (Å²) in [5.41, 5.74) is 4.43. The second-order valence-electron chi connectivity index (χ2n) is 6.96. The molecule has 3 rings (SSSR count). The lowest BCUT2D eigenvalue weighted by molar-refractivity contribution is -0.126. The van der Waals surface area contributed by atoms with Gasteiger partial charge >= 0.3 is 0 Å². The van der Waals surface area contributed by atoms with Crippen LogP contribution in [0.1, 0.15) is 16.8 Å². The van der Waals surface area contributed by atoms with Gasteiger partial charge < -0.3 is 20.9 Å². The van der Waals surface area contributed by atoms with Gasteiger partial charge in [0, 0.05) is 44.3 Å². The standard InChI is InChI=1S/C21H26N6OS/c1-14-10-15(2)12-17(11-14)25-21-23-5-4-18(26-21)16(3)24-13-19(29)20(28)27-8-6-22-7-9-27/h4-5,10-13,22,24,29H,3,6-9H2,1-2H3,(H,23,25,26)/b19-13-. The summed E-state index contributed by atoms with van der Waals surface area (Å²) < 4.78 is 0. The highest BCUT2D eigenvalue weighted by atomic mass is 32.1. The van der Waals surface area contributed by atoms with E-state index in [2.05, 4.69) is 51.2 Å². The third-order valence-corrected chi connectivity index (χ3v) is 4.77. The maximum Gasteiger partial charge on any atom is 0.261 e. The van der Waals surface area contributed by atoms with Crippen LogP contribution in [0.5, 0.6) is 0 Å². The minimum Gasteiger partial charge on any atom is -0.359 e. The normalized spacial score (nSPS) is 14.4. The molecule has 8 heteroatoms. The third kappa shape index (κ3) is 5.82. The summed E-state index contributed by atoms with van der Waals surface area (Å²) in [6, 6.07) is 7.94. The molecule has 29 heavy (non-hydrogen) atoms. The van der Waals surface area contributed by atoms with Crippen LogP contribution < -0.4 is 16.0 Å². The molecule has 1 aromatic heterocycles. The van der Waals surface area contributed by atoms with Gasteiger partial charge in [-0.05, 0) is 43.2 Å². The lowest BCUT2D eigenvalue weighted by atomic mass is 10.1. The lowest BCUT2D eigenvalue weighted by Gasteiger charge is -2.27. The largest absolute Gasteiger partial charge is 0.359 e. The summed E-state index contributed by atoms with van der Waals surface area (Å²) in [7, 11) is 0. The van der Waals surface area contributed by atoms with Crippen molar-refractivity contribution in [3.63, 3.8) is 0 Å². The van der Waals surface area contributed by atoms with Crippen LogP contribution in [-0.2, 0) is 4.79 Å². The van der Waals surface area contributed by atoms with E-state index in [-0.39, 0.29) is 5.91 Å². The minimum absolute atomic E-state index is 0.102. The second kappa shape index (κ2) is 9.58. The van der Waals surface area contributed by atoms with Gasteiger partial charge in [0.05, 0.1) is 16.3 Å². The Labute approximate surface area is 176 Å². The van der Waals surface area contributed by atoms with Crippen molar-refractivity contribution >= 4 is 35.9 Å². The van der Waals surface area contributed by atoms with Crippen LogP contribution in [0.3, 0.4) is 0 Å². The lowest BCUT2D eigenvalue weighted by Crippen LogP contribution is -2.46. The van der Waals surface area contributed by atoms with Gasteiger partial charge in [-0.3, -0.25) is 4.79 Å². The van der Waals surface area contributed by atoms with E-state index in [1.807, 2.05) is 26.0 Å². The fraction of sp³-hybridized carbons (Fsp3) is 0.286. The Balaban J connectivity index is 1.65. The summed E-state index contributed by atoms with van der Waals surface area (Å²) in [5, 5.41) is 9.45. The fourth-order valence-electron chi connectivity index (χ4n) is 3.08. The Morgan fingerprint density at radius 1 is 1.24 bits per heavy atom. The predicted molar refractivity (Wildman–Crippen MR) is 120 cm³/mol. The number of benzene rings is 1. The van der Waals surface area contributed by atoms with E-state index in [1.165, 1.54) is 0 Å². The summed E-state index contributed by atoms with van der Waals surface area (Å²) in [6.07, 6.45) is 3.21. The smallest absolute Gasteiger partial charge is 0.261 e. The number of carbonyl (C=O) groups excluding carboxylic acids is 1. The molecule has 0 saturated carbocycles. The number of anilines is 2. The van der Waals surface area contributed by atoms with Crippen LogP contribution in [0, 0.1) is 13.8 Å². The number of thiol groups is 1. The van der Waals surface area contributed by atoms with Crippen LogP contribution in [0.2, 0.25) is 0 Å². The number of aryl methyl sites for hydroxylation is 2. The number of hydrogen-bond acceptors (Lipinski definition) is 7. The van der Waals surface area contributed by atoms with E-state index >= 15 is 0 Å². The van der Waals surface area contributed by atoms with E-state index < -0.39 is 0 Å². The Morgan fingerprint density at radius 2 is 1.93 bits per heavy atom. The molecular formula is C21H26N6OS. The summed E-state index contributed by atoms with van der Waals surface area (Å²) in [6.45, 7) is 11.0. The van der Waals surface area contributed by atoms with Crippen molar-refractivity contribution in [2.24, 2.45) is 0 Å². The highest BCUT2D eigenvalue weighted by molar-refractivity contribution is 7.85. The van der Waals surface area contributed by atoms with Crippen molar-refractivity contribution in [1.82, 2.24) is 25.5 Å². The van der Waals surface area contributed by atoms with E-state index in [0.717, 1.165) is 29.9 Å². The van der Waals surface area contributed by atoms with Crippen molar-refractivity contribution in [2.45, 2.75) is 13.8 Å². The fourth-order valence-corrected chi connectivity index (χ4v) is 3.29. The van der Waals surface area contributed by atoms with E-state index in [0.29, 0.717) is 35.3 Å². The highest BCUT2D eigenvalue weighted by Gasteiger charge is 2.18. The summed E-state index contributed by atoms with van der Waals surface area (Å²) in [5.74, 6) is 0.373. The zero-order valence-electron chi connectivity index (χ0n) is 16.7. The quantitative estimate of drug-likeness (QED) is 0.433. The van der Waals surface area contributed by atoms with Crippen molar-refractivity contribution in [3.8, 4) is 0 Å². The Kier molecular flexibility index (Phi) is 6.90. The van der Waals surface area contributed by atoms with E-state index in [1.54, 1.807) is 23.4 Å². The Hall–Kier alpha value is -2.84. The molecule has 0 aliphatic carbocycles. The number of nitrogens with zero attached hydrogens (tertiary/aromatic N) is 3. The molecule has 0 spiro atoms. The van der Waals surface area contributed by atoms with Gasteiger partial charge in [0.25, 0.3) is 5.91 Å². The van der Waals surface area contributed by atoms with Gasteiger partial charge in [-0.1, -0.05) is 12.6 Å². The van der Waals surface area contributed by atoms with E-state index in [4.69, 9.17) is 0 Å². The monoisotopic (exact) mass is 410 g/mol. The van der Waals surface area contributed by atoms with Crippen LogP contribution >= 0.6 is 12.6 Å². The first-order valence-electron chi connectivity index (χ1n) is 9.45. The maximum atomic E-state index is 12.4. The van der Waals surface area contributed by atoms with Gasteiger partial charge in [0.15, 0.2) is 0 Å². The zero-order chi connectivity index (χ0) is 20.8. The average Bonchev–Trinajstić information content (AvgIpc) is 2.71. The SMILES string of the molecule is C=C(N/C=C(\S)C(=O)N1CCNCC1)c1ccnc(Nc2cc(C)cc(C)c2)n1. The number of aromatic nitrogens is 2. The van der Waals surface area contributed by atoms with Crippen LogP contribution in [0.4, 0.5) is 11.6 Å². The molecular weight excluding hydrogens is 384 g/mol. The van der Waals surface area contributed by atoms with Gasteiger partial charge in [0.2, 0.25) is 5.95 Å². The average molecular weight is 411 g/mol. The van der Waals surface area contributed by atoms with Crippen LogP contribution in [-0.4, -0.2) is 47.0 Å². The van der Waals surface area contributed by atoms with Gasteiger partial charge in [0.1, 0.15) is 0 Å². The zero-order valence-corrected chi connectivity index (χ0v) is 17.6. The maximum absolute atomic E-state index is 12.4. The molecule has 3 N–H and O–H groups in total. The molecule has 7 nitrogen and oxygen atoms in total. The van der Waals surface area contributed by atoms with Crippen LogP contribution in [0.15, 0.2) is 48.1 Å². The number of nitrogens with one attached hydrogen (secondary N) is 3. The van der Waals surface area contributed by atoms with Crippen LogP contribution in [0.25, 0.3) is 5.70 Å². The molecule has 2 heterocycles. The minimum atomic E-state index is -0.102.